The highest BCUT2D eigenvalue weighted by atomic mass is 16.7. The number of likely N-dealkylation sites (N-methyl/N-ethyl adjacent to an activating group) is 1. The molecule has 0 saturated carbocycles. The molecule has 0 bridgehead atoms. The summed E-state index contributed by atoms with van der Waals surface area (Å²) in [6, 6.07) is 0. The maximum Gasteiger partial charge on any atom is 0.306 e. The summed E-state index contributed by atoms with van der Waals surface area (Å²) < 4.78 is 22.8. The molecule has 0 rings (SSSR count). The van der Waals surface area contributed by atoms with Crippen LogP contribution in [-0.4, -0.2) is 82.3 Å². The second kappa shape index (κ2) is 78.6. The van der Waals surface area contributed by atoms with Crippen molar-refractivity contribution in [2.45, 2.75) is 347 Å². The molecule has 2 atom stereocenters. The first-order chi connectivity index (χ1) is 48.6. The normalized spacial score (nSPS) is 13.5. The molecule has 0 spiro atoms. The highest BCUT2D eigenvalue weighted by Crippen LogP contribution is 2.18. The lowest BCUT2D eigenvalue weighted by Crippen LogP contribution is -2.44. The Balaban J connectivity index is 4.09. The Kier molecular flexibility index (Phi) is 74.6. The van der Waals surface area contributed by atoms with Crippen LogP contribution in [0, 0.1) is 0 Å². The predicted octanol–water partition coefficient (Wildman–Crippen LogP) is 25.0. The fourth-order valence-electron chi connectivity index (χ4n) is 11.1. The van der Waals surface area contributed by atoms with Crippen LogP contribution < -0.4 is 5.11 Å². The van der Waals surface area contributed by atoms with Gasteiger partial charge in [-0.3, -0.25) is 9.59 Å². The average Bonchev–Trinajstić information content (AvgIpc) is 1.57. The van der Waals surface area contributed by atoms with Gasteiger partial charge in [0.2, 0.25) is 0 Å². The summed E-state index contributed by atoms with van der Waals surface area (Å²) in [7, 11) is 5.91. The van der Waals surface area contributed by atoms with E-state index in [1.165, 1.54) is 193 Å². The summed E-state index contributed by atoms with van der Waals surface area (Å²) in [5, 5.41) is 11.9. The molecule has 0 aliphatic rings. The molecule has 0 N–H and O–H groups in total. The molecule has 2 unspecified atom stereocenters. The first-order valence-corrected chi connectivity index (χ1v) is 40.6. The zero-order valence-electron chi connectivity index (χ0n) is 64.6. The third kappa shape index (κ3) is 80.1. The van der Waals surface area contributed by atoms with Crippen molar-refractivity contribution >= 4 is 17.9 Å². The maximum absolute atomic E-state index is 12.9. The number of aliphatic carboxylic acids is 1. The van der Waals surface area contributed by atoms with Crippen LogP contribution in [0.2, 0.25) is 0 Å². The maximum atomic E-state index is 12.9. The third-order valence-electron chi connectivity index (χ3n) is 17.3. The smallest absolute Gasteiger partial charge is 0.306 e. The zero-order valence-corrected chi connectivity index (χ0v) is 64.6. The summed E-state index contributed by atoms with van der Waals surface area (Å²) in [5.41, 5.74) is 0. The number of nitrogens with zero attached hydrogens (tertiary/aromatic N) is 1. The first-order valence-electron chi connectivity index (χ1n) is 40.6. The number of ether oxygens (including phenoxy) is 4. The lowest BCUT2D eigenvalue weighted by atomic mass is 10.0. The standard InChI is InChI=1S/C90H151NO8/c1-6-8-10-12-14-16-18-20-22-24-26-28-30-32-34-36-38-40-41-42-43-44-45-46-47-49-50-52-54-56-58-60-62-64-66-68-70-72-74-76-78-80-87(92)97-84-86(85-98-90(89(94)95)96-83-82-91(3,4)5)99-88(93)81-79-77-75-73-71-69-67-65-63-61-59-57-55-53-51-48-39-37-35-33-31-29-27-25-23-21-19-17-15-13-11-9-7-2/h9,11,15,17-18,20-21,23-24,26-27,29-30,32-33,35,39,48,53,55,59,61,65,67,71,73,86,90H,6-8,10,12-14,16,19,22,25,28,31,34,36-38,40-47,49-52,54,56-58,60,62-64,66,68-70,72,74-85H2,1-5H3/b11-9-,17-15-,20-18-,23-21-,26-24-,29-27-,32-30-,35-33-,48-39-,55-53-,61-59-,67-65-,73-71-. The largest absolute Gasteiger partial charge is 0.545 e. The van der Waals surface area contributed by atoms with E-state index in [0.29, 0.717) is 17.4 Å². The van der Waals surface area contributed by atoms with Gasteiger partial charge in [0, 0.05) is 12.8 Å². The minimum absolute atomic E-state index is 0.132. The van der Waals surface area contributed by atoms with E-state index in [9.17, 15) is 19.5 Å². The van der Waals surface area contributed by atoms with Gasteiger partial charge in [-0.15, -0.1) is 0 Å². The highest BCUT2D eigenvalue weighted by Gasteiger charge is 2.22. The molecule has 0 aromatic rings. The number of unbranched alkanes of at least 4 members (excludes halogenated alkanes) is 33. The van der Waals surface area contributed by atoms with E-state index in [4.69, 9.17) is 18.9 Å². The molecule has 0 aromatic heterocycles. The minimum Gasteiger partial charge on any atom is -0.545 e. The Morgan fingerprint density at radius 1 is 0.313 bits per heavy atom. The highest BCUT2D eigenvalue weighted by molar-refractivity contribution is 5.70. The third-order valence-corrected chi connectivity index (χ3v) is 17.3. The van der Waals surface area contributed by atoms with Crippen molar-refractivity contribution in [2.75, 3.05) is 47.5 Å². The van der Waals surface area contributed by atoms with E-state index in [1.54, 1.807) is 0 Å². The van der Waals surface area contributed by atoms with Crippen LogP contribution in [0.25, 0.3) is 0 Å². The average molecular weight is 1380 g/mol. The topological polar surface area (TPSA) is 111 Å². The van der Waals surface area contributed by atoms with Gasteiger partial charge in [0.1, 0.15) is 13.2 Å². The Morgan fingerprint density at radius 2 is 0.576 bits per heavy atom. The number of carbonyl (C=O) groups excluding carboxylic acids is 3. The van der Waals surface area contributed by atoms with Crippen molar-refractivity contribution in [1.82, 2.24) is 0 Å². The van der Waals surface area contributed by atoms with Gasteiger partial charge in [0.25, 0.3) is 0 Å². The molecule has 9 nitrogen and oxygen atoms in total. The van der Waals surface area contributed by atoms with Crippen molar-refractivity contribution in [3.8, 4) is 0 Å². The molecule has 0 saturated heterocycles. The quantitative estimate of drug-likeness (QED) is 0.0195. The monoisotopic (exact) mass is 1370 g/mol. The van der Waals surface area contributed by atoms with Gasteiger partial charge in [0.05, 0.1) is 40.3 Å². The van der Waals surface area contributed by atoms with Crippen LogP contribution in [0.5, 0.6) is 0 Å². The van der Waals surface area contributed by atoms with Crippen molar-refractivity contribution in [2.24, 2.45) is 0 Å². The fourth-order valence-corrected chi connectivity index (χ4v) is 11.1. The summed E-state index contributed by atoms with van der Waals surface area (Å²) in [4.78, 5) is 37.6. The van der Waals surface area contributed by atoms with Crippen molar-refractivity contribution in [3.63, 3.8) is 0 Å². The number of hydrogen-bond acceptors (Lipinski definition) is 8. The van der Waals surface area contributed by atoms with Crippen molar-refractivity contribution in [1.29, 1.82) is 0 Å². The van der Waals surface area contributed by atoms with E-state index in [1.807, 2.05) is 21.1 Å². The predicted molar refractivity (Wildman–Crippen MR) is 425 cm³/mol. The second-order valence-electron chi connectivity index (χ2n) is 28.0. The number of hydrogen-bond donors (Lipinski definition) is 0. The summed E-state index contributed by atoms with van der Waals surface area (Å²) in [5.74, 6) is -2.34. The van der Waals surface area contributed by atoms with Crippen LogP contribution in [0.4, 0.5) is 0 Å². The van der Waals surface area contributed by atoms with Crippen molar-refractivity contribution in [3.05, 3.63) is 158 Å². The van der Waals surface area contributed by atoms with Gasteiger partial charge in [-0.2, -0.15) is 0 Å². The van der Waals surface area contributed by atoms with Crippen LogP contribution in [0.15, 0.2) is 158 Å². The van der Waals surface area contributed by atoms with E-state index in [2.05, 4.69) is 172 Å². The zero-order chi connectivity index (χ0) is 71.8. The van der Waals surface area contributed by atoms with Gasteiger partial charge in [-0.25, -0.2) is 0 Å². The molecular weight excluding hydrogens is 1220 g/mol. The SMILES string of the molecule is CC/C=C\C/C=C\C/C=C\C/C=C\C/C=C\C/C=C\C/C=C\C/C=C\C/C=C\C/C=C\CCCCC(=O)OC(COC(=O)CCCCCCCCCCCCCCCCCCCCCCCCCCCC/C=C\C/C=C\C/C=C\CCCCCCC)COC(OCC[N+](C)(C)C)C(=O)[O-]. The van der Waals surface area contributed by atoms with Crippen LogP contribution in [0.3, 0.4) is 0 Å². The Labute approximate surface area is 610 Å². The molecule has 0 radical (unpaired) electrons. The van der Waals surface area contributed by atoms with E-state index < -0.39 is 24.3 Å². The number of esters is 2. The summed E-state index contributed by atoms with van der Waals surface area (Å²) >= 11 is 0. The van der Waals surface area contributed by atoms with Gasteiger partial charge >= 0.3 is 11.9 Å². The lowest BCUT2D eigenvalue weighted by Gasteiger charge is -2.26. The molecular formula is C90H151NO8. The molecule has 564 valence electrons. The molecule has 0 amide bonds. The van der Waals surface area contributed by atoms with Crippen molar-refractivity contribution < 1.29 is 42.9 Å². The first kappa shape index (κ1) is 93.9. The number of carboxylic acid groups (broad SMARTS) is 1. The van der Waals surface area contributed by atoms with Crippen LogP contribution >= 0.6 is 0 Å². The molecule has 0 fully saturated rings. The fraction of sp³-hybridized carbons (Fsp3) is 0.678. The molecule has 0 aliphatic heterocycles. The van der Waals surface area contributed by atoms with Crippen LogP contribution in [-0.2, 0) is 33.3 Å². The Bertz CT molecular complexity index is 2200. The Morgan fingerprint density at radius 3 is 0.879 bits per heavy atom. The second-order valence-corrected chi connectivity index (χ2v) is 28.0. The minimum atomic E-state index is -1.64. The summed E-state index contributed by atoms with van der Waals surface area (Å²) in [6.45, 7) is 4.58. The van der Waals surface area contributed by atoms with Crippen LogP contribution in [0.1, 0.15) is 335 Å². The number of rotatable bonds is 74. The van der Waals surface area contributed by atoms with E-state index >= 15 is 0 Å². The number of quaternary nitrogens is 1. The van der Waals surface area contributed by atoms with Gasteiger partial charge in [-0.1, -0.05) is 352 Å². The van der Waals surface area contributed by atoms with E-state index in [-0.39, 0.29) is 38.6 Å². The van der Waals surface area contributed by atoms with Gasteiger partial charge in [0.15, 0.2) is 12.4 Å². The van der Waals surface area contributed by atoms with Gasteiger partial charge in [-0.05, 0) is 128 Å². The number of carboxylic acids is 1. The molecule has 0 aromatic carbocycles. The molecule has 0 heterocycles. The number of allylic oxidation sites excluding steroid dienone is 26. The molecule has 9 heteroatoms. The molecule has 99 heavy (non-hydrogen) atoms. The Hall–Kier alpha value is -5.09. The van der Waals surface area contributed by atoms with E-state index in [0.717, 1.165) is 109 Å². The van der Waals surface area contributed by atoms with Gasteiger partial charge < -0.3 is 33.3 Å². The summed E-state index contributed by atoms with van der Waals surface area (Å²) in [6.07, 6.45) is 114. The molecule has 0 aliphatic carbocycles. The number of carbonyl (C=O) groups is 3. The lowest BCUT2D eigenvalue weighted by molar-refractivity contribution is -0.870.